The molecule has 7 rings (SSSR count). The highest BCUT2D eigenvalue weighted by atomic mass is 32.2. The molecule has 141 heavy (non-hydrogen) atoms. The minimum Gasteiger partial charge on any atom is -0.370 e. The number of aromatic nitrogens is 3. The smallest absolute Gasteiger partial charge is 0.243 e. The molecule has 4 fully saturated rings. The van der Waals surface area contributed by atoms with E-state index in [0.29, 0.717) is 106 Å². The number of hydrogen-bond acceptors (Lipinski definition) is 29. The van der Waals surface area contributed by atoms with Crippen LogP contribution in [0.3, 0.4) is 0 Å². The van der Waals surface area contributed by atoms with Gasteiger partial charge in [-0.25, -0.2) is 4.98 Å². The number of primary amides is 4. The molecule has 0 saturated carbocycles. The number of imidazole rings is 1. The number of H-pyrrole nitrogens is 2. The molecule has 0 unspecified atom stereocenters. The van der Waals surface area contributed by atoms with Crippen molar-refractivity contribution in [2.24, 2.45) is 46.4 Å². The van der Waals surface area contributed by atoms with Crippen LogP contribution in [0, 0.1) is 17.8 Å². The first kappa shape index (κ1) is 117. The van der Waals surface area contributed by atoms with Gasteiger partial charge in [-0.05, 0) is 113 Å². The topological polar surface area (TPSA) is 781 Å². The third-order valence-electron chi connectivity index (χ3n) is 23.5. The summed E-state index contributed by atoms with van der Waals surface area (Å²) in [6.45, 7) is 16.7. The van der Waals surface area contributed by atoms with Crippen molar-refractivity contribution >= 4 is 141 Å². The largest absolute Gasteiger partial charge is 0.370 e. The van der Waals surface area contributed by atoms with E-state index in [9.17, 15) is 95.9 Å². The van der Waals surface area contributed by atoms with Crippen LogP contribution < -0.4 is 146 Å². The Hall–Kier alpha value is -12.6. The van der Waals surface area contributed by atoms with Gasteiger partial charge in [0.25, 0.3) is 0 Å². The Morgan fingerprint density at radius 1 is 0.461 bits per heavy atom. The summed E-state index contributed by atoms with van der Waals surface area (Å²) in [6.07, 6.45) is 3.64. The number of carbonyl (C=O) groups excluding carboxylic acids is 20. The van der Waals surface area contributed by atoms with Gasteiger partial charge in [-0.15, -0.1) is 0 Å². The van der Waals surface area contributed by atoms with E-state index >= 15 is 0 Å². The fraction of sp³-hybridized carbons (Fsp3) is 0.656. The van der Waals surface area contributed by atoms with Crippen LogP contribution in [0.2, 0.25) is 0 Å². The standard InChI is InChI=1S/C90H148N30O20S/c1-50(2)34-63(116-80(132)59(113-82(134)61(19-22-68(91)121)114-81(133)60-21-24-72(125)109-60)16-11-12-26-103-71(124)17-13-18-73(126)120-90-46-99-30-27-96-43-89(95,44-97-28-31-100-47-90)45-98-29-32-101-48-90)79(131)105-41-74(127)111-67(38-70(93)123)87(139)115-62(20-23-69(92)122)83(135)118-65(36-54-39-104-57-15-10-9-14-56(54)57)84(136)108-53(7)78(130)119-76(52(5)6)88(140)106-42-75(128)110-66(37-55-40-102-49-107-55)86(138)117-64(35-51(3)4)85(137)112-58(77(94)129)25-33-141-8/h9-10,14-15,39-40,49-53,58-67,76,96-101,104H,11-13,16-38,41-48,95H2,1-8H3,(H2,91,121)(H2,92,122)(H2,93,123)(H2,94,129)(H,102,107)(H,103,124)(H,105,131)(H,106,140)(H,108,136)(H,109,125)(H,110,128)(H,111,127)(H,112,137)(H,113,134)(H,114,133)(H,115,139)(H,116,132)(H,117,138)(H,118,135)(H,119,130)(H,120,126)/t53-,58-,59-,60-,61-,62-,63-,64-,65-,66-,67-,76-,89?,90?/m0/s1. The number of fused-ring (bicyclic) bond motifs is 16. The van der Waals surface area contributed by atoms with Gasteiger partial charge in [-0.3, -0.25) is 95.9 Å². The quantitative estimate of drug-likeness (QED) is 0.0233. The van der Waals surface area contributed by atoms with E-state index in [0.717, 1.165) is 0 Å². The fourth-order valence-electron chi connectivity index (χ4n) is 15.8. The number of rotatable bonds is 57. The van der Waals surface area contributed by atoms with Gasteiger partial charge in [0.15, 0.2) is 0 Å². The van der Waals surface area contributed by atoms with Gasteiger partial charge in [-0.2, -0.15) is 11.8 Å². The average molecular weight is 2000 g/mol. The predicted octanol–water partition coefficient (Wildman–Crippen LogP) is -9.49. The molecule has 4 aliphatic rings. The van der Waals surface area contributed by atoms with Crippen molar-refractivity contribution in [2.45, 2.75) is 248 Å². The summed E-state index contributed by atoms with van der Waals surface area (Å²) < 4.78 is 0. The molecule has 2 bridgehead atoms. The third kappa shape index (κ3) is 43.2. The molecular weight excluding hydrogens is 1850 g/mol. The molecule has 4 saturated heterocycles. The molecule has 0 aliphatic carbocycles. The van der Waals surface area contributed by atoms with E-state index in [2.05, 4.69) is 132 Å². The number of hydrogen-bond donors (Lipinski definition) is 29. The van der Waals surface area contributed by atoms with Crippen LogP contribution in [0.4, 0.5) is 0 Å². The Balaban J connectivity index is 1.11. The minimum absolute atomic E-state index is 0.0177. The van der Waals surface area contributed by atoms with E-state index in [1.807, 2.05) is 20.1 Å². The lowest BCUT2D eigenvalue weighted by Gasteiger charge is -2.37. The second-order valence-electron chi connectivity index (χ2n) is 37.1. The van der Waals surface area contributed by atoms with Crippen LogP contribution in [0.5, 0.6) is 0 Å². The lowest BCUT2D eigenvalue weighted by Crippen LogP contribution is -2.67. The number of nitrogens with one attached hydrogen (secondary N) is 24. The number of nitrogens with two attached hydrogens (primary N) is 5. The summed E-state index contributed by atoms with van der Waals surface area (Å²) in [5.41, 5.74) is 29.2. The molecule has 20 amide bonds. The Labute approximate surface area is 823 Å². The summed E-state index contributed by atoms with van der Waals surface area (Å²) in [7, 11) is 0. The predicted molar refractivity (Wildman–Crippen MR) is 521 cm³/mol. The van der Waals surface area contributed by atoms with Crippen LogP contribution >= 0.6 is 11.8 Å². The number of amides is 20. The molecule has 0 spiro atoms. The highest BCUT2D eigenvalue weighted by Crippen LogP contribution is 2.21. The van der Waals surface area contributed by atoms with Crippen molar-refractivity contribution in [3.8, 4) is 0 Å². The third-order valence-corrected chi connectivity index (χ3v) is 24.1. The molecule has 2 aromatic heterocycles. The van der Waals surface area contributed by atoms with Gasteiger partial charge in [0.1, 0.15) is 72.5 Å². The van der Waals surface area contributed by atoms with Gasteiger partial charge in [0.05, 0.1) is 42.6 Å². The molecular formula is C90H148N30O20S. The molecule has 6 heterocycles. The van der Waals surface area contributed by atoms with E-state index in [4.69, 9.17) is 28.7 Å². The number of benzene rings is 1. The number of unbranched alkanes of at least 4 members (excludes halogenated alkanes) is 1. The van der Waals surface area contributed by atoms with Crippen molar-refractivity contribution in [2.75, 3.05) is 110 Å². The van der Waals surface area contributed by atoms with Crippen molar-refractivity contribution < 1.29 is 95.9 Å². The normalized spacial score (nSPS) is 18.7. The maximum absolute atomic E-state index is 14.7. The zero-order valence-corrected chi connectivity index (χ0v) is 82.5. The maximum Gasteiger partial charge on any atom is 0.243 e. The molecule has 51 heteroatoms. The van der Waals surface area contributed by atoms with Gasteiger partial charge in [-0.1, -0.05) is 59.7 Å². The molecule has 0 radical (unpaired) electrons. The summed E-state index contributed by atoms with van der Waals surface area (Å²) in [4.78, 5) is 283. The minimum atomic E-state index is -1.92. The molecule has 3 aromatic rings. The first-order valence-electron chi connectivity index (χ1n) is 47.9. The van der Waals surface area contributed by atoms with Crippen LogP contribution in [-0.2, 0) is 109 Å². The fourth-order valence-corrected chi connectivity index (χ4v) is 16.3. The maximum atomic E-state index is 14.7. The zero-order chi connectivity index (χ0) is 104. The number of aromatic amines is 2. The summed E-state index contributed by atoms with van der Waals surface area (Å²) >= 11 is 1.43. The molecule has 12 atom stereocenters. The van der Waals surface area contributed by atoms with Gasteiger partial charge in [0, 0.05) is 153 Å². The van der Waals surface area contributed by atoms with Gasteiger partial charge in [0.2, 0.25) is 118 Å². The molecule has 1 aromatic carbocycles. The molecule has 4 aliphatic heterocycles. The van der Waals surface area contributed by atoms with Crippen LogP contribution in [-0.4, -0.2) is 327 Å². The number of thioether (sulfide) groups is 1. The second kappa shape index (κ2) is 60.5. The van der Waals surface area contributed by atoms with Crippen molar-refractivity contribution in [1.82, 2.24) is 132 Å². The van der Waals surface area contributed by atoms with E-state index in [1.165, 1.54) is 31.2 Å². The first-order valence-corrected chi connectivity index (χ1v) is 49.3. The van der Waals surface area contributed by atoms with E-state index < -0.39 is 235 Å². The van der Waals surface area contributed by atoms with Gasteiger partial charge >= 0.3 is 0 Å². The summed E-state index contributed by atoms with van der Waals surface area (Å²) in [6, 6.07) is -10.4. The lowest BCUT2D eigenvalue weighted by atomic mass is 9.97. The number of para-hydroxylation sites is 1. The molecule has 784 valence electrons. The van der Waals surface area contributed by atoms with Crippen LogP contribution in [0.15, 0.2) is 43.0 Å². The first-order chi connectivity index (χ1) is 66.9. The summed E-state index contributed by atoms with van der Waals surface area (Å²) in [5.74, 6) is -17.8. The lowest BCUT2D eigenvalue weighted by molar-refractivity contribution is -0.136. The Morgan fingerprint density at radius 2 is 0.943 bits per heavy atom. The average Bonchev–Trinajstić information content (AvgIpc) is 1.72. The zero-order valence-electron chi connectivity index (χ0n) is 81.7. The Bertz CT molecular complexity index is 4670. The molecule has 50 nitrogen and oxygen atoms in total. The molecule has 34 N–H and O–H groups in total. The van der Waals surface area contributed by atoms with Crippen molar-refractivity contribution in [3.63, 3.8) is 0 Å². The monoisotopic (exact) mass is 2000 g/mol. The Kier molecular flexibility index (Phi) is 50.3. The summed E-state index contributed by atoms with van der Waals surface area (Å²) in [5, 5.41) is 62.8. The Morgan fingerprint density at radius 3 is 1.47 bits per heavy atom. The SMILES string of the molecule is CSCC[C@H](NC(=O)[C@H](CC(C)C)NC(=O)[C@H](Cc1c[nH]cn1)NC(=O)CNC(=O)[C@@H](NC(=O)[C@H](C)NC(=O)[C@H](Cc1c[nH]c2ccccc12)NC(=O)[C@H](CCC(N)=O)NC(=O)[C@H](CC(N)=O)NC(=O)CNC(=O)[C@H](CC(C)C)NC(=O)[C@H](CCCCNC(=O)CCCC(=O)NC12CNCCNCC(N)(CNCCNC1)CNCCNC2)NC(=O)[C@H](CCC(N)=O)NC(=O)[C@@H]1CCC(=O)N1)C(C)C)C(N)=O. The van der Waals surface area contributed by atoms with E-state index in [1.54, 1.807) is 58.2 Å². The van der Waals surface area contributed by atoms with Crippen LogP contribution in [0.25, 0.3) is 10.9 Å². The van der Waals surface area contributed by atoms with E-state index in [-0.39, 0.29) is 120 Å². The van der Waals surface area contributed by atoms with Crippen LogP contribution in [0.1, 0.15) is 162 Å². The number of nitrogens with zero attached hydrogens (tertiary/aromatic N) is 1. The number of carbonyl (C=O) groups is 20. The second-order valence-corrected chi connectivity index (χ2v) is 38.1. The van der Waals surface area contributed by atoms with Gasteiger partial charge < -0.3 is 156 Å². The van der Waals surface area contributed by atoms with Crippen molar-refractivity contribution in [1.29, 1.82) is 0 Å². The van der Waals surface area contributed by atoms with Crippen molar-refractivity contribution in [3.05, 3.63) is 54.2 Å². The highest BCUT2D eigenvalue weighted by Gasteiger charge is 2.40. The highest BCUT2D eigenvalue weighted by molar-refractivity contribution is 7.98.